The highest BCUT2D eigenvalue weighted by Gasteiger charge is 2.18. The Labute approximate surface area is 170 Å². The first-order valence-electron chi connectivity index (χ1n) is 9.09. The van der Waals surface area contributed by atoms with Crippen LogP contribution in [0, 0.1) is 0 Å². The molecular formula is C24H22O5. The van der Waals surface area contributed by atoms with E-state index in [1.165, 1.54) is 7.11 Å². The number of rotatable bonds is 9. The fraction of sp³-hybridized carbons (Fsp3) is 0.125. The van der Waals surface area contributed by atoms with Gasteiger partial charge in [-0.25, -0.2) is 4.79 Å². The minimum Gasteiger partial charge on any atom is -0.493 e. The Morgan fingerprint density at radius 3 is 1.97 bits per heavy atom. The summed E-state index contributed by atoms with van der Waals surface area (Å²) >= 11 is 0. The molecule has 3 aromatic rings. The van der Waals surface area contributed by atoms with Crippen LogP contribution in [0.15, 0.2) is 85.5 Å². The van der Waals surface area contributed by atoms with Crippen molar-refractivity contribution in [2.45, 2.75) is 13.2 Å². The van der Waals surface area contributed by atoms with Gasteiger partial charge in [-0.3, -0.25) is 0 Å². The first kappa shape index (κ1) is 20.0. The van der Waals surface area contributed by atoms with Crippen molar-refractivity contribution < 1.29 is 23.7 Å². The molecule has 0 heterocycles. The summed E-state index contributed by atoms with van der Waals surface area (Å²) in [6.45, 7) is 4.11. The van der Waals surface area contributed by atoms with E-state index >= 15 is 0 Å². The van der Waals surface area contributed by atoms with E-state index in [2.05, 4.69) is 6.58 Å². The molecule has 0 N–H and O–H groups in total. The SMILES string of the molecule is C=CC(=O)Oc1c(OC)cc(OCc2ccccc2)cc1OCc1ccccc1. The molecule has 5 nitrogen and oxygen atoms in total. The zero-order chi connectivity index (χ0) is 20.5. The fourth-order valence-corrected chi connectivity index (χ4v) is 2.61. The lowest BCUT2D eigenvalue weighted by Crippen LogP contribution is -2.07. The van der Waals surface area contributed by atoms with Crippen molar-refractivity contribution in [1.82, 2.24) is 0 Å². The molecule has 0 saturated heterocycles. The van der Waals surface area contributed by atoms with Crippen LogP contribution < -0.4 is 18.9 Å². The first-order valence-corrected chi connectivity index (χ1v) is 9.09. The number of hydrogen-bond acceptors (Lipinski definition) is 5. The molecule has 5 heteroatoms. The van der Waals surface area contributed by atoms with Gasteiger partial charge in [-0.2, -0.15) is 0 Å². The van der Waals surface area contributed by atoms with Crippen LogP contribution in [0.3, 0.4) is 0 Å². The van der Waals surface area contributed by atoms with Gasteiger partial charge in [-0.1, -0.05) is 67.2 Å². The van der Waals surface area contributed by atoms with E-state index in [9.17, 15) is 4.79 Å². The maximum absolute atomic E-state index is 11.8. The summed E-state index contributed by atoms with van der Waals surface area (Å²) in [5.74, 6) is 0.777. The summed E-state index contributed by atoms with van der Waals surface area (Å²) in [4.78, 5) is 11.8. The van der Waals surface area contributed by atoms with Gasteiger partial charge in [-0.05, 0) is 11.1 Å². The monoisotopic (exact) mass is 390 g/mol. The van der Waals surface area contributed by atoms with Crippen LogP contribution in [0.25, 0.3) is 0 Å². The molecular weight excluding hydrogens is 368 g/mol. The van der Waals surface area contributed by atoms with Crippen LogP contribution in [0.4, 0.5) is 0 Å². The minimum absolute atomic E-state index is 0.181. The number of methoxy groups -OCH3 is 1. The van der Waals surface area contributed by atoms with Crippen molar-refractivity contribution >= 4 is 5.97 Å². The topological polar surface area (TPSA) is 54.0 Å². The second-order valence-electron chi connectivity index (χ2n) is 6.13. The zero-order valence-corrected chi connectivity index (χ0v) is 16.2. The van der Waals surface area contributed by atoms with Crippen LogP contribution in [0.5, 0.6) is 23.0 Å². The number of carbonyl (C=O) groups is 1. The third-order valence-electron chi connectivity index (χ3n) is 4.07. The molecule has 0 amide bonds. The van der Waals surface area contributed by atoms with Crippen molar-refractivity contribution in [3.63, 3.8) is 0 Å². The molecule has 3 aromatic carbocycles. The third-order valence-corrected chi connectivity index (χ3v) is 4.07. The van der Waals surface area contributed by atoms with E-state index in [1.807, 2.05) is 60.7 Å². The van der Waals surface area contributed by atoms with Crippen LogP contribution in [-0.2, 0) is 18.0 Å². The fourth-order valence-electron chi connectivity index (χ4n) is 2.61. The Morgan fingerprint density at radius 2 is 1.41 bits per heavy atom. The minimum atomic E-state index is -0.606. The molecule has 0 bridgehead atoms. The second-order valence-corrected chi connectivity index (χ2v) is 6.13. The summed E-state index contributed by atoms with van der Waals surface area (Å²) in [5.41, 5.74) is 2.00. The molecule has 0 radical (unpaired) electrons. The molecule has 0 fully saturated rings. The standard InChI is InChI=1S/C24H22O5/c1-3-23(25)29-24-21(26-2)14-20(27-16-18-10-6-4-7-11-18)15-22(24)28-17-19-12-8-5-9-13-19/h3-15H,1,16-17H2,2H3. The number of carbonyl (C=O) groups excluding carboxylic acids is 1. The third kappa shape index (κ3) is 5.62. The van der Waals surface area contributed by atoms with E-state index in [-0.39, 0.29) is 5.75 Å². The highest BCUT2D eigenvalue weighted by atomic mass is 16.6. The van der Waals surface area contributed by atoms with Crippen LogP contribution in [-0.4, -0.2) is 13.1 Å². The van der Waals surface area contributed by atoms with Crippen LogP contribution in [0.2, 0.25) is 0 Å². The Kier molecular flexibility index (Phi) is 6.90. The zero-order valence-electron chi connectivity index (χ0n) is 16.2. The lowest BCUT2D eigenvalue weighted by atomic mass is 10.2. The van der Waals surface area contributed by atoms with Crippen molar-refractivity contribution in [2.75, 3.05) is 7.11 Å². The summed E-state index contributed by atoms with van der Waals surface area (Å²) in [5, 5.41) is 0. The number of hydrogen-bond donors (Lipinski definition) is 0. The molecule has 0 saturated carbocycles. The molecule has 0 unspecified atom stereocenters. The van der Waals surface area contributed by atoms with Crippen molar-refractivity contribution in [1.29, 1.82) is 0 Å². The van der Waals surface area contributed by atoms with E-state index in [4.69, 9.17) is 18.9 Å². The largest absolute Gasteiger partial charge is 0.493 e. The predicted molar refractivity (Wildman–Crippen MR) is 110 cm³/mol. The maximum atomic E-state index is 11.8. The molecule has 29 heavy (non-hydrogen) atoms. The van der Waals surface area contributed by atoms with Gasteiger partial charge in [0, 0.05) is 18.2 Å². The van der Waals surface area contributed by atoms with Crippen molar-refractivity contribution in [2.24, 2.45) is 0 Å². The van der Waals surface area contributed by atoms with Crippen LogP contribution in [0.1, 0.15) is 11.1 Å². The van der Waals surface area contributed by atoms with Gasteiger partial charge >= 0.3 is 5.97 Å². The van der Waals surface area contributed by atoms with Gasteiger partial charge in [-0.15, -0.1) is 0 Å². The van der Waals surface area contributed by atoms with Crippen molar-refractivity contribution in [3.8, 4) is 23.0 Å². The normalized spacial score (nSPS) is 10.1. The van der Waals surface area contributed by atoms with Gasteiger partial charge in [0.05, 0.1) is 7.11 Å². The average molecular weight is 390 g/mol. The number of ether oxygens (including phenoxy) is 4. The maximum Gasteiger partial charge on any atom is 0.335 e. The Hall–Kier alpha value is -3.73. The second kappa shape index (κ2) is 9.99. The molecule has 148 valence electrons. The van der Waals surface area contributed by atoms with Gasteiger partial charge in [0.1, 0.15) is 19.0 Å². The van der Waals surface area contributed by atoms with Crippen molar-refractivity contribution in [3.05, 3.63) is 96.6 Å². The smallest absolute Gasteiger partial charge is 0.335 e. The Morgan fingerprint density at radius 1 is 0.862 bits per heavy atom. The molecule has 3 rings (SSSR count). The molecule has 0 aliphatic heterocycles. The summed E-state index contributed by atoms with van der Waals surface area (Å²) < 4.78 is 22.6. The van der Waals surface area contributed by atoms with E-state index in [0.29, 0.717) is 30.5 Å². The number of benzene rings is 3. The first-order chi connectivity index (χ1) is 14.2. The van der Waals surface area contributed by atoms with E-state index < -0.39 is 5.97 Å². The molecule has 0 aromatic heterocycles. The molecule has 0 atom stereocenters. The van der Waals surface area contributed by atoms with Crippen LogP contribution >= 0.6 is 0 Å². The lowest BCUT2D eigenvalue weighted by molar-refractivity contribution is -0.129. The quantitative estimate of drug-likeness (QED) is 0.294. The van der Waals surface area contributed by atoms with E-state index in [0.717, 1.165) is 17.2 Å². The average Bonchev–Trinajstić information content (AvgIpc) is 2.78. The number of esters is 1. The molecule has 0 aliphatic rings. The van der Waals surface area contributed by atoms with E-state index in [1.54, 1.807) is 12.1 Å². The highest BCUT2D eigenvalue weighted by molar-refractivity contribution is 5.84. The Bertz CT molecular complexity index is 952. The highest BCUT2D eigenvalue weighted by Crippen LogP contribution is 2.42. The molecule has 0 spiro atoms. The Balaban J connectivity index is 1.87. The van der Waals surface area contributed by atoms with Gasteiger partial charge in [0.25, 0.3) is 0 Å². The van der Waals surface area contributed by atoms with Gasteiger partial charge in [0.15, 0.2) is 11.5 Å². The summed E-state index contributed by atoms with van der Waals surface area (Å²) in [7, 11) is 1.49. The van der Waals surface area contributed by atoms with Gasteiger partial charge in [0.2, 0.25) is 5.75 Å². The summed E-state index contributed by atoms with van der Waals surface area (Å²) in [6.07, 6.45) is 1.08. The predicted octanol–water partition coefficient (Wildman–Crippen LogP) is 4.94. The summed E-state index contributed by atoms with van der Waals surface area (Å²) in [6, 6.07) is 22.8. The van der Waals surface area contributed by atoms with Gasteiger partial charge < -0.3 is 18.9 Å². The molecule has 0 aliphatic carbocycles. The lowest BCUT2D eigenvalue weighted by Gasteiger charge is -2.16.